The van der Waals surface area contributed by atoms with Crippen LogP contribution in [0.5, 0.6) is 0 Å². The minimum atomic E-state index is -0.148. The zero-order valence-corrected chi connectivity index (χ0v) is 16.9. The summed E-state index contributed by atoms with van der Waals surface area (Å²) in [5.41, 5.74) is 4.06. The number of aromatic nitrogens is 2. The Morgan fingerprint density at radius 1 is 1.19 bits per heavy atom. The van der Waals surface area contributed by atoms with Gasteiger partial charge in [-0.05, 0) is 49.3 Å². The predicted molar refractivity (Wildman–Crippen MR) is 110 cm³/mol. The van der Waals surface area contributed by atoms with Gasteiger partial charge >= 0.3 is 0 Å². The third kappa shape index (κ3) is 3.05. The van der Waals surface area contributed by atoms with Crippen LogP contribution in [0.3, 0.4) is 0 Å². The Hall–Kier alpha value is -1.92. The summed E-state index contributed by atoms with van der Waals surface area (Å²) in [5, 5.41) is 2.02. The molecule has 0 saturated carbocycles. The molecule has 0 radical (unpaired) electrons. The first-order chi connectivity index (χ1) is 13.2. The lowest BCUT2D eigenvalue weighted by molar-refractivity contribution is -0.131. The van der Waals surface area contributed by atoms with E-state index in [0.29, 0.717) is 6.54 Å². The van der Waals surface area contributed by atoms with Gasteiger partial charge in [0, 0.05) is 23.4 Å². The fourth-order valence-electron chi connectivity index (χ4n) is 4.15. The van der Waals surface area contributed by atoms with Crippen molar-refractivity contribution < 1.29 is 4.79 Å². The van der Waals surface area contributed by atoms with Crippen LogP contribution in [-0.2, 0) is 30.6 Å². The first-order valence-electron chi connectivity index (χ1n) is 9.48. The smallest absolute Gasteiger partial charge is 0.236 e. The van der Waals surface area contributed by atoms with Crippen molar-refractivity contribution >= 4 is 39.2 Å². The van der Waals surface area contributed by atoms with Gasteiger partial charge in [0.05, 0.1) is 5.25 Å². The molecule has 138 valence electrons. The highest BCUT2D eigenvalue weighted by Gasteiger charge is 2.27. The number of rotatable bonds is 3. The molecule has 2 aliphatic rings. The molecule has 0 spiro atoms. The minimum absolute atomic E-state index is 0.148. The van der Waals surface area contributed by atoms with Crippen molar-refractivity contribution in [2.45, 2.75) is 49.4 Å². The van der Waals surface area contributed by atoms with Crippen molar-refractivity contribution in [1.29, 1.82) is 0 Å². The van der Waals surface area contributed by atoms with Gasteiger partial charge in [-0.2, -0.15) is 0 Å². The van der Waals surface area contributed by atoms with Crippen LogP contribution >= 0.6 is 23.1 Å². The molecule has 1 aromatic carbocycles. The Balaban J connectivity index is 1.37. The van der Waals surface area contributed by atoms with Gasteiger partial charge in [0.2, 0.25) is 5.91 Å². The molecule has 0 saturated heterocycles. The third-order valence-electron chi connectivity index (χ3n) is 5.55. The SMILES string of the molecule is C[C@@H](Sc1ncnc2sc3c(c12)CCC3)C(=O)N1CCc2ccccc2C1. The van der Waals surface area contributed by atoms with Crippen LogP contribution in [0.25, 0.3) is 10.2 Å². The molecule has 5 rings (SSSR count). The second kappa shape index (κ2) is 6.91. The molecule has 27 heavy (non-hydrogen) atoms. The summed E-state index contributed by atoms with van der Waals surface area (Å²) in [6, 6.07) is 8.44. The summed E-state index contributed by atoms with van der Waals surface area (Å²) in [6.45, 7) is 3.52. The van der Waals surface area contributed by atoms with E-state index in [0.717, 1.165) is 35.7 Å². The minimum Gasteiger partial charge on any atom is -0.337 e. The fourth-order valence-corrected chi connectivity index (χ4v) is 6.47. The predicted octanol–water partition coefficient (Wildman–Crippen LogP) is 4.25. The zero-order chi connectivity index (χ0) is 18.4. The Bertz CT molecular complexity index is 1030. The number of aryl methyl sites for hydroxylation is 2. The summed E-state index contributed by atoms with van der Waals surface area (Å²) in [7, 11) is 0. The summed E-state index contributed by atoms with van der Waals surface area (Å²) in [4.78, 5) is 26.6. The fraction of sp³-hybridized carbons (Fsp3) is 0.381. The number of carbonyl (C=O) groups is 1. The molecule has 4 nitrogen and oxygen atoms in total. The maximum atomic E-state index is 13.1. The summed E-state index contributed by atoms with van der Waals surface area (Å²) >= 11 is 3.39. The molecule has 1 aliphatic carbocycles. The van der Waals surface area contributed by atoms with Crippen molar-refractivity contribution in [2.24, 2.45) is 0 Å². The lowest BCUT2D eigenvalue weighted by Gasteiger charge is -2.30. The quantitative estimate of drug-likeness (QED) is 0.491. The number of carbonyl (C=O) groups excluding carboxylic acids is 1. The van der Waals surface area contributed by atoms with Gasteiger partial charge in [0.1, 0.15) is 16.2 Å². The van der Waals surface area contributed by atoms with Gasteiger partial charge in [-0.3, -0.25) is 4.79 Å². The largest absolute Gasteiger partial charge is 0.337 e. The topological polar surface area (TPSA) is 46.1 Å². The Labute approximate surface area is 167 Å². The Kier molecular flexibility index (Phi) is 4.40. The van der Waals surface area contributed by atoms with Crippen LogP contribution < -0.4 is 0 Å². The number of thiophene rings is 1. The van der Waals surface area contributed by atoms with Crippen molar-refractivity contribution in [3.8, 4) is 0 Å². The molecule has 3 aromatic rings. The van der Waals surface area contributed by atoms with E-state index in [1.54, 1.807) is 29.4 Å². The van der Waals surface area contributed by atoms with Gasteiger partial charge < -0.3 is 4.90 Å². The highest BCUT2D eigenvalue weighted by Crippen LogP contribution is 2.41. The van der Waals surface area contributed by atoms with Gasteiger partial charge in [0.15, 0.2) is 0 Å². The lowest BCUT2D eigenvalue weighted by Crippen LogP contribution is -2.40. The molecular formula is C21H21N3OS2. The maximum absolute atomic E-state index is 13.1. The zero-order valence-electron chi connectivity index (χ0n) is 15.3. The van der Waals surface area contributed by atoms with Crippen molar-refractivity contribution in [3.05, 3.63) is 52.2 Å². The van der Waals surface area contributed by atoms with Crippen LogP contribution in [0.2, 0.25) is 0 Å². The summed E-state index contributed by atoms with van der Waals surface area (Å²) < 4.78 is 0. The number of thioether (sulfide) groups is 1. The molecule has 2 aromatic heterocycles. The molecule has 0 N–H and O–H groups in total. The number of hydrogen-bond acceptors (Lipinski definition) is 5. The van der Waals surface area contributed by atoms with Crippen LogP contribution in [0.15, 0.2) is 35.6 Å². The molecule has 0 bridgehead atoms. The van der Waals surface area contributed by atoms with Crippen molar-refractivity contribution in [1.82, 2.24) is 14.9 Å². The summed E-state index contributed by atoms with van der Waals surface area (Å²) in [6.07, 6.45) is 6.07. The van der Waals surface area contributed by atoms with Gasteiger partial charge in [-0.25, -0.2) is 9.97 Å². The molecule has 1 amide bonds. The van der Waals surface area contributed by atoms with Crippen LogP contribution in [-0.4, -0.2) is 32.6 Å². The van der Waals surface area contributed by atoms with Crippen LogP contribution in [0, 0.1) is 0 Å². The van der Waals surface area contributed by atoms with Crippen LogP contribution in [0.4, 0.5) is 0 Å². The molecule has 6 heteroatoms. The Morgan fingerprint density at radius 3 is 2.93 bits per heavy atom. The first kappa shape index (κ1) is 17.2. The maximum Gasteiger partial charge on any atom is 0.236 e. The van der Waals surface area contributed by atoms with E-state index in [4.69, 9.17) is 0 Å². The second-order valence-corrected chi connectivity index (χ2v) is 9.67. The van der Waals surface area contributed by atoms with Gasteiger partial charge in [-0.1, -0.05) is 36.0 Å². The third-order valence-corrected chi connectivity index (χ3v) is 7.83. The average molecular weight is 396 g/mol. The van der Waals surface area contributed by atoms with E-state index in [-0.39, 0.29) is 11.2 Å². The van der Waals surface area contributed by atoms with E-state index < -0.39 is 0 Å². The monoisotopic (exact) mass is 395 g/mol. The second-order valence-electron chi connectivity index (χ2n) is 7.25. The molecule has 1 atom stereocenters. The lowest BCUT2D eigenvalue weighted by atomic mass is 10.00. The standard InChI is InChI=1S/C21H21N3OS2/c1-13(21(25)24-10-9-14-5-2-3-6-15(14)11-24)26-19-18-16-7-4-8-17(16)27-20(18)23-12-22-19/h2-3,5-6,12-13H,4,7-11H2,1H3/t13-/m1/s1. The van der Waals surface area contributed by atoms with Gasteiger partial charge in [0.25, 0.3) is 0 Å². The van der Waals surface area contributed by atoms with Crippen molar-refractivity contribution in [2.75, 3.05) is 6.54 Å². The van der Waals surface area contributed by atoms with Gasteiger partial charge in [-0.15, -0.1) is 11.3 Å². The normalized spacial score (nSPS) is 17.0. The van der Waals surface area contributed by atoms with E-state index in [9.17, 15) is 4.79 Å². The van der Waals surface area contributed by atoms with Crippen LogP contribution in [0.1, 0.15) is 34.9 Å². The van der Waals surface area contributed by atoms with E-state index in [2.05, 4.69) is 34.2 Å². The average Bonchev–Trinajstić information content (AvgIpc) is 3.28. The molecule has 3 heterocycles. The number of amides is 1. The highest BCUT2D eigenvalue weighted by molar-refractivity contribution is 8.00. The first-order valence-corrected chi connectivity index (χ1v) is 11.2. The number of benzene rings is 1. The van der Waals surface area contributed by atoms with Crippen molar-refractivity contribution in [3.63, 3.8) is 0 Å². The molecule has 0 fully saturated rings. The van der Waals surface area contributed by atoms with E-state index in [1.165, 1.54) is 33.4 Å². The number of fused-ring (bicyclic) bond motifs is 4. The van der Waals surface area contributed by atoms with E-state index >= 15 is 0 Å². The summed E-state index contributed by atoms with van der Waals surface area (Å²) in [5.74, 6) is 0.202. The Morgan fingerprint density at radius 2 is 2.04 bits per heavy atom. The number of hydrogen-bond donors (Lipinski definition) is 0. The molecule has 1 aliphatic heterocycles. The highest BCUT2D eigenvalue weighted by atomic mass is 32.2. The van der Waals surface area contributed by atoms with E-state index in [1.807, 2.05) is 11.8 Å². The molecule has 0 unspecified atom stereocenters. The molecular weight excluding hydrogens is 374 g/mol. The number of nitrogens with zero attached hydrogens (tertiary/aromatic N) is 3.